The van der Waals surface area contributed by atoms with E-state index in [2.05, 4.69) is 26.4 Å². The summed E-state index contributed by atoms with van der Waals surface area (Å²) in [5, 5.41) is 6.65. The second kappa shape index (κ2) is 5.44. The van der Waals surface area contributed by atoms with Crippen LogP contribution in [0.5, 0.6) is 0 Å². The Morgan fingerprint density at radius 2 is 2.21 bits per heavy atom. The minimum absolute atomic E-state index is 0.223. The fraction of sp³-hybridized carbons (Fsp3) is 0.231. The lowest BCUT2D eigenvalue weighted by Crippen LogP contribution is -2.24. The monoisotopic (exact) mass is 323 g/mol. The Hall–Kier alpha value is -1.82. The third-order valence-electron chi connectivity index (χ3n) is 2.87. The van der Waals surface area contributed by atoms with Gasteiger partial charge in [0.15, 0.2) is 0 Å². The van der Waals surface area contributed by atoms with Crippen LogP contribution in [0, 0.1) is 13.8 Å². The smallest absolute Gasteiger partial charge is 0.253 e. The zero-order valence-electron chi connectivity index (χ0n) is 10.7. The van der Waals surface area contributed by atoms with E-state index in [1.165, 1.54) is 0 Å². The van der Waals surface area contributed by atoms with E-state index in [1.54, 1.807) is 18.2 Å². The van der Waals surface area contributed by atoms with E-state index >= 15 is 0 Å². The molecule has 0 aliphatic heterocycles. The number of carbonyl (C=O) groups excluding carboxylic acids is 1. The number of halogens is 1. The molecular weight excluding hydrogens is 310 g/mol. The number of benzene rings is 1. The second-order valence-electron chi connectivity index (χ2n) is 4.22. The molecule has 2 aromatic rings. The standard InChI is InChI=1S/C13H14BrN3O2/c1-7-11(8(2)19-17-7)6-16-13(18)10-5-9(14)3-4-12(10)15/h3-5H,6,15H2,1-2H3,(H,16,18). The molecule has 0 bridgehead atoms. The van der Waals surface area contributed by atoms with Gasteiger partial charge in [0, 0.05) is 22.3 Å². The van der Waals surface area contributed by atoms with E-state index in [9.17, 15) is 4.79 Å². The van der Waals surface area contributed by atoms with Crippen molar-refractivity contribution in [2.75, 3.05) is 5.73 Å². The molecular formula is C13H14BrN3O2. The molecule has 0 saturated heterocycles. The molecule has 0 fully saturated rings. The van der Waals surface area contributed by atoms with Gasteiger partial charge in [-0.25, -0.2) is 0 Å². The molecule has 0 aliphatic carbocycles. The molecule has 5 nitrogen and oxygen atoms in total. The lowest BCUT2D eigenvalue weighted by Gasteiger charge is -2.07. The summed E-state index contributed by atoms with van der Waals surface area (Å²) in [7, 11) is 0. The number of hydrogen-bond donors (Lipinski definition) is 2. The summed E-state index contributed by atoms with van der Waals surface area (Å²) >= 11 is 3.32. The summed E-state index contributed by atoms with van der Waals surface area (Å²) in [6.07, 6.45) is 0. The first-order valence-electron chi connectivity index (χ1n) is 5.74. The van der Waals surface area contributed by atoms with E-state index in [0.717, 1.165) is 15.7 Å². The molecule has 0 radical (unpaired) electrons. The van der Waals surface area contributed by atoms with Gasteiger partial charge in [0.2, 0.25) is 0 Å². The van der Waals surface area contributed by atoms with Crippen LogP contribution < -0.4 is 11.1 Å². The number of nitrogens with zero attached hydrogens (tertiary/aromatic N) is 1. The predicted molar refractivity (Wildman–Crippen MR) is 75.7 cm³/mol. The van der Waals surface area contributed by atoms with Gasteiger partial charge in [0.1, 0.15) is 5.76 Å². The van der Waals surface area contributed by atoms with E-state index in [1.807, 2.05) is 13.8 Å². The molecule has 1 aromatic heterocycles. The highest BCUT2D eigenvalue weighted by Gasteiger charge is 2.13. The van der Waals surface area contributed by atoms with Crippen molar-refractivity contribution in [3.63, 3.8) is 0 Å². The highest BCUT2D eigenvalue weighted by Crippen LogP contribution is 2.19. The van der Waals surface area contributed by atoms with Gasteiger partial charge >= 0.3 is 0 Å². The first-order chi connectivity index (χ1) is 8.99. The van der Waals surface area contributed by atoms with Gasteiger partial charge < -0.3 is 15.6 Å². The van der Waals surface area contributed by atoms with Crippen LogP contribution in [0.4, 0.5) is 5.69 Å². The highest BCUT2D eigenvalue weighted by atomic mass is 79.9. The molecule has 2 rings (SSSR count). The van der Waals surface area contributed by atoms with Crippen molar-refractivity contribution in [3.8, 4) is 0 Å². The number of anilines is 1. The molecule has 0 aliphatic rings. The Kier molecular flexibility index (Phi) is 3.90. The lowest BCUT2D eigenvalue weighted by atomic mass is 10.1. The van der Waals surface area contributed by atoms with E-state index in [-0.39, 0.29) is 5.91 Å². The highest BCUT2D eigenvalue weighted by molar-refractivity contribution is 9.10. The topological polar surface area (TPSA) is 81.2 Å². The van der Waals surface area contributed by atoms with Gasteiger partial charge in [0.25, 0.3) is 5.91 Å². The van der Waals surface area contributed by atoms with Crippen LogP contribution in [0.25, 0.3) is 0 Å². The summed E-state index contributed by atoms with van der Waals surface area (Å²) in [4.78, 5) is 12.1. The molecule has 1 aromatic carbocycles. The SMILES string of the molecule is Cc1noc(C)c1CNC(=O)c1cc(Br)ccc1N. The molecule has 0 unspecified atom stereocenters. The number of amides is 1. The van der Waals surface area contributed by atoms with Crippen molar-refractivity contribution >= 4 is 27.5 Å². The molecule has 19 heavy (non-hydrogen) atoms. The molecule has 100 valence electrons. The van der Waals surface area contributed by atoms with Gasteiger partial charge in [-0.2, -0.15) is 0 Å². The zero-order valence-corrected chi connectivity index (χ0v) is 12.2. The van der Waals surface area contributed by atoms with Crippen LogP contribution >= 0.6 is 15.9 Å². The maximum atomic E-state index is 12.1. The molecule has 3 N–H and O–H groups in total. The predicted octanol–water partition coefficient (Wildman–Crippen LogP) is 2.57. The van der Waals surface area contributed by atoms with Crippen molar-refractivity contribution in [2.45, 2.75) is 20.4 Å². The second-order valence-corrected chi connectivity index (χ2v) is 5.13. The number of aryl methyl sites for hydroxylation is 2. The average Bonchev–Trinajstić information content (AvgIpc) is 2.69. The number of rotatable bonds is 3. The fourth-order valence-electron chi connectivity index (χ4n) is 1.74. The summed E-state index contributed by atoms with van der Waals surface area (Å²) in [5.41, 5.74) is 8.34. The Labute approximate surface area is 119 Å². The van der Waals surface area contributed by atoms with Crippen LogP contribution in [0.2, 0.25) is 0 Å². The number of aromatic nitrogens is 1. The fourth-order valence-corrected chi connectivity index (χ4v) is 2.10. The maximum absolute atomic E-state index is 12.1. The molecule has 0 spiro atoms. The Morgan fingerprint density at radius 3 is 2.84 bits per heavy atom. The van der Waals surface area contributed by atoms with E-state index in [0.29, 0.717) is 23.6 Å². The number of nitrogens with two attached hydrogens (primary N) is 1. The number of nitrogens with one attached hydrogen (secondary N) is 1. The van der Waals surface area contributed by atoms with Crippen LogP contribution in [-0.2, 0) is 6.54 Å². The first kappa shape index (κ1) is 13.6. The third-order valence-corrected chi connectivity index (χ3v) is 3.36. The number of hydrogen-bond acceptors (Lipinski definition) is 4. The molecule has 6 heteroatoms. The van der Waals surface area contributed by atoms with E-state index < -0.39 is 0 Å². The Morgan fingerprint density at radius 1 is 1.47 bits per heavy atom. The van der Waals surface area contributed by atoms with Gasteiger partial charge in [-0.15, -0.1) is 0 Å². The molecule has 1 amide bonds. The third kappa shape index (κ3) is 2.96. The minimum Gasteiger partial charge on any atom is -0.398 e. The van der Waals surface area contributed by atoms with Gasteiger partial charge in [-0.1, -0.05) is 21.1 Å². The summed E-state index contributed by atoms with van der Waals surface area (Å²) < 4.78 is 5.85. The van der Waals surface area contributed by atoms with Crippen molar-refractivity contribution in [1.82, 2.24) is 10.5 Å². The molecule has 1 heterocycles. The van der Waals surface area contributed by atoms with Gasteiger partial charge in [-0.3, -0.25) is 4.79 Å². The summed E-state index contributed by atoms with van der Waals surface area (Å²) in [6.45, 7) is 4.02. The van der Waals surface area contributed by atoms with Gasteiger partial charge in [-0.05, 0) is 32.0 Å². The summed E-state index contributed by atoms with van der Waals surface area (Å²) in [6, 6.07) is 5.17. The van der Waals surface area contributed by atoms with Crippen molar-refractivity contribution in [2.24, 2.45) is 0 Å². The van der Waals surface area contributed by atoms with Crippen LogP contribution in [-0.4, -0.2) is 11.1 Å². The molecule has 0 atom stereocenters. The molecule has 0 saturated carbocycles. The maximum Gasteiger partial charge on any atom is 0.253 e. The van der Waals surface area contributed by atoms with Gasteiger partial charge in [0.05, 0.1) is 11.3 Å². The quantitative estimate of drug-likeness (QED) is 0.850. The Bertz CT molecular complexity index is 603. The van der Waals surface area contributed by atoms with Crippen molar-refractivity contribution in [3.05, 3.63) is 45.3 Å². The van der Waals surface area contributed by atoms with Crippen LogP contribution in [0.3, 0.4) is 0 Å². The summed E-state index contributed by atoms with van der Waals surface area (Å²) in [5.74, 6) is 0.485. The normalized spacial score (nSPS) is 10.5. The number of nitrogen functional groups attached to an aromatic ring is 1. The lowest BCUT2D eigenvalue weighted by molar-refractivity contribution is 0.0951. The first-order valence-corrected chi connectivity index (χ1v) is 6.53. The van der Waals surface area contributed by atoms with Crippen molar-refractivity contribution in [1.29, 1.82) is 0 Å². The van der Waals surface area contributed by atoms with E-state index in [4.69, 9.17) is 10.3 Å². The largest absolute Gasteiger partial charge is 0.398 e. The van der Waals surface area contributed by atoms with Crippen LogP contribution in [0.15, 0.2) is 27.2 Å². The number of carbonyl (C=O) groups is 1. The Balaban J connectivity index is 2.12. The average molecular weight is 324 g/mol. The van der Waals surface area contributed by atoms with Crippen LogP contribution in [0.1, 0.15) is 27.4 Å². The zero-order chi connectivity index (χ0) is 14.0. The van der Waals surface area contributed by atoms with Crippen molar-refractivity contribution < 1.29 is 9.32 Å². The minimum atomic E-state index is -0.223.